The highest BCUT2D eigenvalue weighted by molar-refractivity contribution is 7.99. The van der Waals surface area contributed by atoms with Crippen LogP contribution >= 0.6 is 11.8 Å². The molecule has 0 aliphatic carbocycles. The Morgan fingerprint density at radius 1 is 1.03 bits per heavy atom. The highest BCUT2D eigenvalue weighted by atomic mass is 32.2. The number of nitriles is 1. The van der Waals surface area contributed by atoms with E-state index in [4.69, 9.17) is 0 Å². The predicted octanol–water partition coefficient (Wildman–Crippen LogP) is 5.61. The zero-order chi connectivity index (χ0) is 21.9. The molecule has 0 unspecified atom stereocenters. The van der Waals surface area contributed by atoms with Gasteiger partial charge in [0.1, 0.15) is 11.7 Å². The molecule has 5 nitrogen and oxygen atoms in total. The third-order valence-corrected chi connectivity index (χ3v) is 7.20. The van der Waals surface area contributed by atoms with E-state index in [0.717, 1.165) is 41.4 Å². The molecular formula is C26H22N4OS. The number of pyridine rings is 1. The van der Waals surface area contributed by atoms with E-state index >= 15 is 0 Å². The lowest BCUT2D eigenvalue weighted by molar-refractivity contribution is 0.0710. The molecule has 6 heteroatoms. The van der Waals surface area contributed by atoms with E-state index in [9.17, 15) is 10.1 Å². The van der Waals surface area contributed by atoms with Crippen molar-refractivity contribution >= 4 is 28.7 Å². The van der Waals surface area contributed by atoms with Crippen LogP contribution in [0.25, 0.3) is 11.0 Å². The number of hydrogen-bond donors (Lipinski definition) is 1. The number of hydrogen-bond acceptors (Lipinski definition) is 4. The van der Waals surface area contributed by atoms with Gasteiger partial charge in [-0.05, 0) is 60.7 Å². The zero-order valence-corrected chi connectivity index (χ0v) is 18.3. The number of fused-ring (bicyclic) bond motifs is 1. The smallest absolute Gasteiger partial charge is 0.255 e. The molecule has 0 atom stereocenters. The van der Waals surface area contributed by atoms with Gasteiger partial charge in [0.05, 0.1) is 11.1 Å². The van der Waals surface area contributed by atoms with E-state index in [1.165, 1.54) is 22.7 Å². The average Bonchev–Trinajstić information content (AvgIpc) is 3.29. The molecule has 1 fully saturated rings. The van der Waals surface area contributed by atoms with Gasteiger partial charge in [-0.3, -0.25) is 4.79 Å². The minimum Gasteiger partial charge on any atom is -0.346 e. The first kappa shape index (κ1) is 20.3. The monoisotopic (exact) mass is 438 g/mol. The minimum absolute atomic E-state index is 0.0570. The lowest BCUT2D eigenvalue weighted by atomic mass is 9.89. The Morgan fingerprint density at radius 3 is 2.59 bits per heavy atom. The number of carbonyl (C=O) groups excluding carboxylic acids is 1. The van der Waals surface area contributed by atoms with Gasteiger partial charge in [-0.25, -0.2) is 4.98 Å². The first-order valence-electron chi connectivity index (χ1n) is 10.7. The van der Waals surface area contributed by atoms with Gasteiger partial charge in [0, 0.05) is 40.7 Å². The van der Waals surface area contributed by atoms with Crippen LogP contribution < -0.4 is 0 Å². The second kappa shape index (κ2) is 8.89. The van der Waals surface area contributed by atoms with Gasteiger partial charge < -0.3 is 9.88 Å². The highest BCUT2D eigenvalue weighted by Gasteiger charge is 2.27. The molecule has 0 bridgehead atoms. The Labute approximate surface area is 191 Å². The molecule has 158 valence electrons. The summed E-state index contributed by atoms with van der Waals surface area (Å²) in [7, 11) is 0. The van der Waals surface area contributed by atoms with E-state index in [0.29, 0.717) is 17.0 Å². The van der Waals surface area contributed by atoms with E-state index in [2.05, 4.69) is 28.3 Å². The zero-order valence-electron chi connectivity index (χ0n) is 17.5. The van der Waals surface area contributed by atoms with E-state index in [1.807, 2.05) is 53.4 Å². The second-order valence-corrected chi connectivity index (χ2v) is 9.00. The summed E-state index contributed by atoms with van der Waals surface area (Å²) >= 11 is 1.48. The first-order chi connectivity index (χ1) is 15.7. The standard InChI is InChI=1S/C26H22N4OS/c27-16-19-6-1-3-9-23(19)32-24-10-4-2-7-21(24)26(31)30-14-11-18(12-15-30)22-17-29-25-20(22)8-5-13-28-25/h1-10,13,17-18H,11-12,14-15H2,(H,28,29). The van der Waals surface area contributed by atoms with Crippen molar-refractivity contribution in [2.24, 2.45) is 0 Å². The molecule has 2 aromatic carbocycles. The van der Waals surface area contributed by atoms with Gasteiger partial charge in [-0.2, -0.15) is 5.26 Å². The van der Waals surface area contributed by atoms with Crippen molar-refractivity contribution in [3.8, 4) is 6.07 Å². The molecule has 2 aromatic heterocycles. The molecule has 1 N–H and O–H groups in total. The summed E-state index contributed by atoms with van der Waals surface area (Å²) in [5, 5.41) is 10.6. The SMILES string of the molecule is N#Cc1ccccc1Sc1ccccc1C(=O)N1CCC(c2c[nH]c3ncccc23)CC1. The number of nitrogens with one attached hydrogen (secondary N) is 1. The second-order valence-electron chi connectivity index (χ2n) is 7.92. The molecule has 1 saturated heterocycles. The van der Waals surface area contributed by atoms with Crippen LogP contribution in [-0.2, 0) is 0 Å². The van der Waals surface area contributed by atoms with Crippen molar-refractivity contribution in [1.82, 2.24) is 14.9 Å². The Bertz CT molecular complexity index is 1310. The van der Waals surface area contributed by atoms with E-state index in [1.54, 1.807) is 12.3 Å². The minimum atomic E-state index is 0.0570. The lowest BCUT2D eigenvalue weighted by Gasteiger charge is -2.32. The topological polar surface area (TPSA) is 72.8 Å². The number of rotatable bonds is 4. The molecule has 0 spiro atoms. The van der Waals surface area contributed by atoms with Crippen molar-refractivity contribution in [3.63, 3.8) is 0 Å². The van der Waals surface area contributed by atoms with Crippen molar-refractivity contribution in [1.29, 1.82) is 5.26 Å². The van der Waals surface area contributed by atoms with Crippen LogP contribution in [0.2, 0.25) is 0 Å². The maximum absolute atomic E-state index is 13.4. The summed E-state index contributed by atoms with van der Waals surface area (Å²) in [6.45, 7) is 1.45. The molecule has 3 heterocycles. The fraction of sp³-hybridized carbons (Fsp3) is 0.192. The number of amides is 1. The van der Waals surface area contributed by atoms with Crippen molar-refractivity contribution < 1.29 is 4.79 Å². The number of carbonyl (C=O) groups is 1. The number of nitrogens with zero attached hydrogens (tertiary/aromatic N) is 3. The Kier molecular flexibility index (Phi) is 5.66. The Morgan fingerprint density at radius 2 is 1.78 bits per heavy atom. The Balaban J connectivity index is 1.32. The summed E-state index contributed by atoms with van der Waals surface area (Å²) in [5.41, 5.74) is 3.53. The van der Waals surface area contributed by atoms with Gasteiger partial charge in [-0.15, -0.1) is 0 Å². The number of piperidine rings is 1. The predicted molar refractivity (Wildman–Crippen MR) is 126 cm³/mol. The largest absolute Gasteiger partial charge is 0.346 e. The molecule has 1 aliphatic heterocycles. The number of aromatic amines is 1. The maximum atomic E-state index is 13.4. The van der Waals surface area contributed by atoms with Crippen LogP contribution in [0.3, 0.4) is 0 Å². The number of benzene rings is 2. The van der Waals surface area contributed by atoms with Gasteiger partial charge >= 0.3 is 0 Å². The molecule has 0 radical (unpaired) electrons. The maximum Gasteiger partial charge on any atom is 0.255 e. The van der Waals surface area contributed by atoms with Crippen LogP contribution in [0.1, 0.15) is 40.2 Å². The molecule has 1 amide bonds. The Hall–Kier alpha value is -3.56. The lowest BCUT2D eigenvalue weighted by Crippen LogP contribution is -2.38. The summed E-state index contributed by atoms with van der Waals surface area (Å²) in [6, 6.07) is 21.5. The van der Waals surface area contributed by atoms with E-state index < -0.39 is 0 Å². The van der Waals surface area contributed by atoms with Gasteiger partial charge in [0.15, 0.2) is 0 Å². The summed E-state index contributed by atoms with van der Waals surface area (Å²) in [6.07, 6.45) is 5.73. The van der Waals surface area contributed by atoms with Gasteiger partial charge in [0.2, 0.25) is 0 Å². The molecule has 32 heavy (non-hydrogen) atoms. The van der Waals surface area contributed by atoms with Gasteiger partial charge in [0.25, 0.3) is 5.91 Å². The molecule has 5 rings (SSSR count). The third-order valence-electron chi connectivity index (χ3n) is 6.05. The highest BCUT2D eigenvalue weighted by Crippen LogP contribution is 2.35. The molecule has 0 saturated carbocycles. The third kappa shape index (κ3) is 3.88. The normalized spacial score (nSPS) is 14.4. The van der Waals surface area contributed by atoms with Crippen LogP contribution in [-0.4, -0.2) is 33.9 Å². The quantitative estimate of drug-likeness (QED) is 0.450. The van der Waals surface area contributed by atoms with E-state index in [-0.39, 0.29) is 5.91 Å². The van der Waals surface area contributed by atoms with Crippen LogP contribution in [0.4, 0.5) is 0 Å². The summed E-state index contributed by atoms with van der Waals surface area (Å²) in [4.78, 5) is 24.8. The fourth-order valence-electron chi connectivity index (χ4n) is 4.38. The van der Waals surface area contributed by atoms with Crippen molar-refractivity contribution in [3.05, 3.63) is 89.7 Å². The number of likely N-dealkylation sites (tertiary alicyclic amines) is 1. The first-order valence-corrected chi connectivity index (χ1v) is 11.5. The molecule has 1 aliphatic rings. The summed E-state index contributed by atoms with van der Waals surface area (Å²) in [5.74, 6) is 0.478. The number of H-pyrrole nitrogens is 1. The number of aromatic nitrogens is 2. The molecule has 4 aromatic rings. The van der Waals surface area contributed by atoms with Crippen LogP contribution in [0, 0.1) is 11.3 Å². The van der Waals surface area contributed by atoms with Crippen molar-refractivity contribution in [2.75, 3.05) is 13.1 Å². The van der Waals surface area contributed by atoms with Crippen LogP contribution in [0.15, 0.2) is 82.8 Å². The fourth-order valence-corrected chi connectivity index (χ4v) is 5.40. The molecular weight excluding hydrogens is 416 g/mol. The van der Waals surface area contributed by atoms with Gasteiger partial charge in [-0.1, -0.05) is 36.0 Å². The summed E-state index contributed by atoms with van der Waals surface area (Å²) < 4.78 is 0. The van der Waals surface area contributed by atoms with Crippen molar-refractivity contribution in [2.45, 2.75) is 28.6 Å². The van der Waals surface area contributed by atoms with Crippen LogP contribution in [0.5, 0.6) is 0 Å². The average molecular weight is 439 g/mol.